The van der Waals surface area contributed by atoms with Gasteiger partial charge in [-0.25, -0.2) is 4.99 Å². The van der Waals surface area contributed by atoms with Gasteiger partial charge in [0.1, 0.15) is 6.54 Å². The highest BCUT2D eigenvalue weighted by molar-refractivity contribution is 14.0. The molecule has 1 unspecified atom stereocenters. The van der Waals surface area contributed by atoms with E-state index in [1.165, 1.54) is 5.56 Å². The van der Waals surface area contributed by atoms with Crippen LogP contribution < -0.4 is 16.0 Å². The smallest absolute Gasteiger partial charge is 0.241 e. The number of thiophene rings is 1. The maximum Gasteiger partial charge on any atom is 0.241 e. The van der Waals surface area contributed by atoms with Gasteiger partial charge in [-0.2, -0.15) is 11.3 Å². The van der Waals surface area contributed by atoms with Gasteiger partial charge in [-0.05, 0) is 42.2 Å². The predicted molar refractivity (Wildman–Crippen MR) is 101 cm³/mol. The van der Waals surface area contributed by atoms with E-state index in [1.807, 2.05) is 13.8 Å². The fourth-order valence-corrected chi connectivity index (χ4v) is 2.45. The van der Waals surface area contributed by atoms with Crippen molar-refractivity contribution in [3.63, 3.8) is 0 Å². The van der Waals surface area contributed by atoms with Crippen molar-refractivity contribution in [1.82, 2.24) is 16.0 Å². The molecule has 1 amide bonds. The molecule has 1 heterocycles. The predicted octanol–water partition coefficient (Wildman–Crippen LogP) is 2.16. The van der Waals surface area contributed by atoms with Gasteiger partial charge >= 0.3 is 0 Å². The molecule has 0 aromatic carbocycles. The largest absolute Gasteiger partial charge is 0.357 e. The van der Waals surface area contributed by atoms with Gasteiger partial charge in [0.2, 0.25) is 5.91 Å². The van der Waals surface area contributed by atoms with Crippen LogP contribution in [0.1, 0.15) is 32.3 Å². The standard InChI is InChI=1S/C14H24N4OS.HI/c1-4-15-13(19)9-18-14(16-5-2)17-8-11(3)12-6-7-20-10-12;/h6-7,10-11H,4-5,8-9H2,1-3H3,(H,15,19)(H2,16,17,18);1H. The second-order valence-corrected chi connectivity index (χ2v) is 5.27. The maximum atomic E-state index is 11.4. The Morgan fingerprint density at radius 3 is 2.57 bits per heavy atom. The number of likely N-dealkylation sites (N-methyl/N-ethyl adjacent to an activating group) is 1. The van der Waals surface area contributed by atoms with Gasteiger partial charge in [0.15, 0.2) is 5.96 Å². The molecule has 5 nitrogen and oxygen atoms in total. The molecule has 0 bridgehead atoms. The van der Waals surface area contributed by atoms with E-state index in [9.17, 15) is 4.79 Å². The van der Waals surface area contributed by atoms with Crippen molar-refractivity contribution in [2.75, 3.05) is 26.2 Å². The van der Waals surface area contributed by atoms with Gasteiger partial charge in [0.25, 0.3) is 0 Å². The van der Waals surface area contributed by atoms with Crippen molar-refractivity contribution in [1.29, 1.82) is 0 Å². The molecule has 3 N–H and O–H groups in total. The molecule has 0 aliphatic rings. The lowest BCUT2D eigenvalue weighted by atomic mass is 10.1. The fraction of sp³-hybridized carbons (Fsp3) is 0.571. The first kappa shape index (κ1) is 20.2. The van der Waals surface area contributed by atoms with Crippen LogP contribution in [-0.2, 0) is 4.79 Å². The van der Waals surface area contributed by atoms with Crippen LogP contribution in [0.5, 0.6) is 0 Å². The van der Waals surface area contributed by atoms with E-state index in [-0.39, 0.29) is 36.4 Å². The first-order valence-electron chi connectivity index (χ1n) is 6.98. The van der Waals surface area contributed by atoms with Gasteiger partial charge < -0.3 is 16.0 Å². The number of carbonyl (C=O) groups is 1. The number of aliphatic imine (C=N–C) groups is 1. The number of carbonyl (C=O) groups excluding carboxylic acids is 1. The first-order chi connectivity index (χ1) is 9.67. The van der Waals surface area contributed by atoms with Crippen LogP contribution >= 0.6 is 35.3 Å². The average Bonchev–Trinajstić information content (AvgIpc) is 2.96. The van der Waals surface area contributed by atoms with E-state index >= 15 is 0 Å². The van der Waals surface area contributed by atoms with E-state index in [0.29, 0.717) is 18.4 Å². The lowest BCUT2D eigenvalue weighted by Gasteiger charge is -2.15. The molecule has 0 radical (unpaired) electrons. The van der Waals surface area contributed by atoms with Gasteiger partial charge in [-0.15, -0.1) is 24.0 Å². The third kappa shape index (κ3) is 8.25. The molecule has 0 saturated heterocycles. The van der Waals surface area contributed by atoms with Crippen molar-refractivity contribution < 1.29 is 4.79 Å². The number of amides is 1. The SMILES string of the molecule is CCNC(=O)CN=C(NCC)NCC(C)c1ccsc1.I. The Bertz CT molecular complexity index is 423. The van der Waals surface area contributed by atoms with Crippen LogP contribution in [0.15, 0.2) is 21.8 Å². The lowest BCUT2D eigenvalue weighted by Crippen LogP contribution is -2.40. The highest BCUT2D eigenvalue weighted by atomic mass is 127. The average molecular weight is 424 g/mol. The summed E-state index contributed by atoms with van der Waals surface area (Å²) < 4.78 is 0. The monoisotopic (exact) mass is 424 g/mol. The molecule has 1 aromatic heterocycles. The Morgan fingerprint density at radius 2 is 2.00 bits per heavy atom. The molecule has 120 valence electrons. The fourth-order valence-electron chi connectivity index (χ4n) is 1.67. The second-order valence-electron chi connectivity index (χ2n) is 4.49. The molecule has 7 heteroatoms. The minimum Gasteiger partial charge on any atom is -0.357 e. The number of guanidine groups is 1. The quantitative estimate of drug-likeness (QED) is 0.357. The van der Waals surface area contributed by atoms with Crippen LogP contribution in [0, 0.1) is 0 Å². The van der Waals surface area contributed by atoms with Crippen molar-refractivity contribution >= 4 is 47.2 Å². The Labute approximate surface area is 148 Å². The topological polar surface area (TPSA) is 65.5 Å². The molecular formula is C14H25IN4OS. The van der Waals surface area contributed by atoms with Crippen molar-refractivity contribution in [3.8, 4) is 0 Å². The van der Waals surface area contributed by atoms with E-state index in [4.69, 9.17) is 0 Å². The normalized spacial score (nSPS) is 12.2. The molecule has 0 fully saturated rings. The number of hydrogen-bond acceptors (Lipinski definition) is 3. The summed E-state index contributed by atoms with van der Waals surface area (Å²) in [4.78, 5) is 15.7. The van der Waals surface area contributed by atoms with E-state index in [1.54, 1.807) is 11.3 Å². The Hall–Kier alpha value is -0.830. The summed E-state index contributed by atoms with van der Waals surface area (Å²) >= 11 is 1.71. The number of hydrogen-bond donors (Lipinski definition) is 3. The molecule has 1 aromatic rings. The molecular weight excluding hydrogens is 399 g/mol. The third-order valence-electron chi connectivity index (χ3n) is 2.79. The summed E-state index contributed by atoms with van der Waals surface area (Å²) in [5.41, 5.74) is 1.32. The second kappa shape index (κ2) is 11.8. The summed E-state index contributed by atoms with van der Waals surface area (Å²) in [6.07, 6.45) is 0. The maximum absolute atomic E-state index is 11.4. The van der Waals surface area contributed by atoms with E-state index in [2.05, 4.69) is 44.7 Å². The lowest BCUT2D eigenvalue weighted by molar-refractivity contribution is -0.119. The molecule has 0 spiro atoms. The summed E-state index contributed by atoms with van der Waals surface area (Å²) in [5, 5.41) is 13.4. The number of nitrogens with zero attached hydrogens (tertiary/aromatic N) is 1. The van der Waals surface area contributed by atoms with Crippen LogP contribution in [-0.4, -0.2) is 38.0 Å². The van der Waals surface area contributed by atoms with Crippen LogP contribution in [0.25, 0.3) is 0 Å². The van der Waals surface area contributed by atoms with Crippen molar-refractivity contribution in [2.45, 2.75) is 26.7 Å². The minimum atomic E-state index is -0.0596. The Morgan fingerprint density at radius 1 is 1.29 bits per heavy atom. The van der Waals surface area contributed by atoms with Gasteiger partial charge in [0, 0.05) is 19.6 Å². The zero-order chi connectivity index (χ0) is 14.8. The van der Waals surface area contributed by atoms with Crippen LogP contribution in [0.3, 0.4) is 0 Å². The Kier molecular flexibility index (Phi) is 11.3. The van der Waals surface area contributed by atoms with Crippen LogP contribution in [0.2, 0.25) is 0 Å². The number of halogens is 1. The number of rotatable bonds is 7. The first-order valence-corrected chi connectivity index (χ1v) is 7.92. The van der Waals surface area contributed by atoms with Crippen LogP contribution in [0.4, 0.5) is 0 Å². The molecule has 1 atom stereocenters. The summed E-state index contributed by atoms with van der Waals surface area (Å²) in [7, 11) is 0. The Balaban J connectivity index is 0.00000400. The molecule has 21 heavy (non-hydrogen) atoms. The highest BCUT2D eigenvalue weighted by Crippen LogP contribution is 2.16. The van der Waals surface area contributed by atoms with Gasteiger partial charge in [-0.3, -0.25) is 4.79 Å². The zero-order valence-electron chi connectivity index (χ0n) is 12.8. The van der Waals surface area contributed by atoms with Gasteiger partial charge in [-0.1, -0.05) is 6.92 Å². The van der Waals surface area contributed by atoms with E-state index in [0.717, 1.165) is 13.1 Å². The third-order valence-corrected chi connectivity index (χ3v) is 3.49. The summed E-state index contributed by atoms with van der Waals surface area (Å²) in [6.45, 7) is 8.41. The minimum absolute atomic E-state index is 0. The summed E-state index contributed by atoms with van der Waals surface area (Å²) in [5.74, 6) is 1.03. The van der Waals surface area contributed by atoms with Gasteiger partial charge in [0.05, 0.1) is 0 Å². The molecule has 0 saturated carbocycles. The van der Waals surface area contributed by atoms with E-state index < -0.39 is 0 Å². The molecule has 0 aliphatic heterocycles. The molecule has 0 aliphatic carbocycles. The molecule has 1 rings (SSSR count). The zero-order valence-corrected chi connectivity index (χ0v) is 16.0. The number of nitrogens with one attached hydrogen (secondary N) is 3. The summed E-state index contributed by atoms with van der Waals surface area (Å²) in [6, 6.07) is 2.13. The van der Waals surface area contributed by atoms with Crippen molar-refractivity contribution in [2.24, 2.45) is 4.99 Å². The highest BCUT2D eigenvalue weighted by Gasteiger charge is 2.07. The van der Waals surface area contributed by atoms with Crippen molar-refractivity contribution in [3.05, 3.63) is 22.4 Å².